The largest absolute Gasteiger partial charge is 0.490 e. The number of hydrazine groups is 2. The van der Waals surface area contributed by atoms with Gasteiger partial charge in [0.05, 0.1) is 35.7 Å². The van der Waals surface area contributed by atoms with E-state index in [9.17, 15) is 38.2 Å². The minimum Gasteiger partial charge on any atom is -0.490 e. The summed E-state index contributed by atoms with van der Waals surface area (Å²) in [6.45, 7) is -0.449. The van der Waals surface area contributed by atoms with Crippen LogP contribution in [0.1, 0.15) is 37.6 Å². The van der Waals surface area contributed by atoms with Gasteiger partial charge in [-0.05, 0) is 46.8 Å². The van der Waals surface area contributed by atoms with Crippen molar-refractivity contribution in [2.75, 3.05) is 23.8 Å². The lowest BCUT2D eigenvalue weighted by molar-refractivity contribution is -0.110. The molecule has 2 amide bonds. The average Bonchev–Trinajstić information content (AvgIpc) is 3.75. The topological polar surface area (TPSA) is 259 Å². The van der Waals surface area contributed by atoms with Crippen LogP contribution in [0.25, 0.3) is 5.65 Å². The highest BCUT2D eigenvalue weighted by Gasteiger charge is 2.24. The summed E-state index contributed by atoms with van der Waals surface area (Å²) >= 11 is 0. The van der Waals surface area contributed by atoms with Gasteiger partial charge in [0.25, 0.3) is 11.8 Å². The zero-order valence-electron chi connectivity index (χ0n) is 24.4. The molecule has 0 radical (unpaired) electrons. The third kappa shape index (κ3) is 6.87. The number of anilines is 2. The maximum absolute atomic E-state index is 14.9. The van der Waals surface area contributed by atoms with E-state index in [1.165, 1.54) is 24.3 Å². The summed E-state index contributed by atoms with van der Waals surface area (Å²) in [5, 5.41) is 47.4. The molecule has 49 heavy (non-hydrogen) atoms. The number of carboxylic acid groups (broad SMARTS) is 2. The predicted octanol–water partition coefficient (Wildman–Crippen LogP) is 0.797. The molecular formula is C27H20F2N12O8. The average molecular weight is 679 g/mol. The van der Waals surface area contributed by atoms with Crippen LogP contribution in [0.4, 0.5) is 20.2 Å². The molecular weight excluding hydrogens is 658 g/mol. The van der Waals surface area contributed by atoms with E-state index < -0.39 is 58.0 Å². The summed E-state index contributed by atoms with van der Waals surface area (Å²) in [5.74, 6) is -7.23. The third-order valence-corrected chi connectivity index (χ3v) is 6.58. The summed E-state index contributed by atoms with van der Waals surface area (Å²) in [6, 6.07) is 5.98. The number of nitrogens with zero attached hydrogens (tertiary/aromatic N) is 8. The first-order chi connectivity index (χ1) is 23.6. The Morgan fingerprint density at radius 1 is 0.857 bits per heavy atom. The Hall–Kier alpha value is -7.10. The number of hydrogen-bond acceptors (Lipinski definition) is 15. The lowest BCUT2D eigenvalue weighted by Gasteiger charge is -2.17. The van der Waals surface area contributed by atoms with E-state index in [4.69, 9.17) is 9.47 Å². The molecule has 0 saturated carbocycles. The standard InChI is InChI=1S/C27H20F2N12O8/c28-14-8-12(26(44)45)19(31-25(43)17-3-5-23-33-37-39-41(23)35-17)11-21(14)49-7-1-6-48-20-9-13(27(46)47)18(10-15(20)29)30-24(42)16-2-4-22-32-36-38-40(22)34-16/h2-5,8-11,37,39H,1,6-7H2,(H,30,42)(H,31,43)(H,44,45)(H,46,47). The van der Waals surface area contributed by atoms with Gasteiger partial charge in [0, 0.05) is 18.6 Å². The van der Waals surface area contributed by atoms with Crippen molar-refractivity contribution in [2.24, 2.45) is 10.2 Å². The van der Waals surface area contributed by atoms with Crippen LogP contribution in [-0.2, 0) is 4.79 Å². The number of benzene rings is 2. The molecule has 0 unspecified atom stereocenters. The van der Waals surface area contributed by atoms with Gasteiger partial charge in [-0.1, -0.05) is 0 Å². The number of aromatic carboxylic acids is 2. The van der Waals surface area contributed by atoms with Crippen molar-refractivity contribution in [1.82, 2.24) is 41.4 Å². The number of rotatable bonds is 12. The highest BCUT2D eigenvalue weighted by atomic mass is 19.1. The van der Waals surface area contributed by atoms with E-state index in [0.717, 1.165) is 27.9 Å². The summed E-state index contributed by atoms with van der Waals surface area (Å²) < 4.78 is 41.4. The SMILES string of the molecule is O=C(Nc1cc(OCCCOc2cc(C(=O)O)c(NC(=O)c3ccc4nnnn4n3)cc2F)c(F)cc1C(=O)O)C1=NN2NNN=C2C=C1. The van der Waals surface area contributed by atoms with Gasteiger partial charge in [0.2, 0.25) is 0 Å². The minimum absolute atomic E-state index is 0.0236. The molecule has 2 aliphatic rings. The fourth-order valence-electron chi connectivity index (χ4n) is 4.29. The number of amidine groups is 1. The molecule has 20 nitrogen and oxygen atoms in total. The maximum Gasteiger partial charge on any atom is 0.337 e. The Kier molecular flexibility index (Phi) is 8.67. The van der Waals surface area contributed by atoms with Crippen LogP contribution in [0.3, 0.4) is 0 Å². The van der Waals surface area contributed by atoms with Gasteiger partial charge in [-0.2, -0.15) is 5.12 Å². The Morgan fingerprint density at radius 3 is 2.29 bits per heavy atom. The van der Waals surface area contributed by atoms with Crippen LogP contribution in [0, 0.1) is 11.6 Å². The van der Waals surface area contributed by atoms with E-state index in [2.05, 4.69) is 52.5 Å². The van der Waals surface area contributed by atoms with Crippen molar-refractivity contribution in [3.8, 4) is 11.5 Å². The van der Waals surface area contributed by atoms with Crippen LogP contribution in [0.15, 0.2) is 58.8 Å². The summed E-state index contributed by atoms with van der Waals surface area (Å²) in [7, 11) is 0. The molecule has 0 spiro atoms. The Balaban J connectivity index is 1.07. The number of amides is 2. The molecule has 250 valence electrons. The lowest BCUT2D eigenvalue weighted by Crippen LogP contribution is -2.40. The quantitative estimate of drug-likeness (QED) is 0.113. The fourth-order valence-corrected chi connectivity index (χ4v) is 4.29. The predicted molar refractivity (Wildman–Crippen MR) is 160 cm³/mol. The number of ether oxygens (including phenoxy) is 2. The first-order valence-electron chi connectivity index (χ1n) is 13.8. The monoisotopic (exact) mass is 678 g/mol. The molecule has 2 aromatic carbocycles. The summed E-state index contributed by atoms with van der Waals surface area (Å²) in [6.07, 6.45) is 2.83. The number of tetrazole rings is 1. The van der Waals surface area contributed by atoms with Crippen LogP contribution in [0.2, 0.25) is 0 Å². The highest BCUT2D eigenvalue weighted by Crippen LogP contribution is 2.29. The molecule has 0 aliphatic carbocycles. The van der Waals surface area contributed by atoms with Crippen LogP contribution in [-0.4, -0.2) is 89.1 Å². The van der Waals surface area contributed by atoms with E-state index in [1.54, 1.807) is 0 Å². The third-order valence-electron chi connectivity index (χ3n) is 6.58. The van der Waals surface area contributed by atoms with Crippen LogP contribution < -0.4 is 31.2 Å². The van der Waals surface area contributed by atoms with Crippen LogP contribution >= 0.6 is 0 Å². The van der Waals surface area contributed by atoms with Gasteiger partial charge in [0.1, 0.15) is 0 Å². The summed E-state index contributed by atoms with van der Waals surface area (Å²) in [4.78, 5) is 49.1. The van der Waals surface area contributed by atoms with Gasteiger partial charge in [-0.3, -0.25) is 9.59 Å². The molecule has 22 heteroatoms. The number of hydrazone groups is 2. The van der Waals surface area contributed by atoms with E-state index >= 15 is 0 Å². The van der Waals surface area contributed by atoms with Gasteiger partial charge in [-0.15, -0.1) is 30.6 Å². The van der Waals surface area contributed by atoms with Crippen LogP contribution in [0.5, 0.6) is 11.5 Å². The van der Waals surface area contributed by atoms with Crippen molar-refractivity contribution in [3.63, 3.8) is 0 Å². The smallest absolute Gasteiger partial charge is 0.337 e. The Bertz CT molecular complexity index is 2120. The van der Waals surface area contributed by atoms with Gasteiger partial charge >= 0.3 is 11.9 Å². The second-order valence-electron chi connectivity index (χ2n) is 9.79. The molecule has 4 heterocycles. The first kappa shape index (κ1) is 31.9. The number of halogens is 2. The molecule has 6 N–H and O–H groups in total. The number of fused-ring (bicyclic) bond motifs is 2. The summed E-state index contributed by atoms with van der Waals surface area (Å²) in [5.41, 5.74) is 3.24. The lowest BCUT2D eigenvalue weighted by atomic mass is 10.1. The molecule has 2 aliphatic heterocycles. The highest BCUT2D eigenvalue weighted by molar-refractivity contribution is 6.48. The molecule has 0 saturated heterocycles. The van der Waals surface area contributed by atoms with E-state index in [1.807, 2.05) is 0 Å². The maximum atomic E-state index is 14.9. The van der Waals surface area contributed by atoms with E-state index in [-0.39, 0.29) is 48.1 Å². The molecule has 4 aromatic rings. The molecule has 6 rings (SSSR count). The zero-order valence-corrected chi connectivity index (χ0v) is 24.4. The number of carboxylic acids is 2. The molecule has 0 fully saturated rings. The van der Waals surface area contributed by atoms with Crippen molar-refractivity contribution in [3.05, 3.63) is 77.0 Å². The van der Waals surface area contributed by atoms with Gasteiger partial charge in [0.15, 0.2) is 46.0 Å². The normalized spacial score (nSPS) is 13.2. The van der Waals surface area contributed by atoms with Crippen molar-refractivity contribution >= 4 is 52.3 Å². The fraction of sp³-hybridized carbons (Fsp3) is 0.111. The number of carbonyl (C=O) groups excluding carboxylic acids is 2. The molecule has 2 aromatic heterocycles. The molecule has 0 atom stereocenters. The van der Waals surface area contributed by atoms with Crippen molar-refractivity contribution in [2.45, 2.75) is 6.42 Å². The van der Waals surface area contributed by atoms with Gasteiger partial charge < -0.3 is 30.3 Å². The Labute approximate surface area is 270 Å². The van der Waals surface area contributed by atoms with E-state index in [0.29, 0.717) is 11.9 Å². The van der Waals surface area contributed by atoms with Gasteiger partial charge in [-0.25, -0.2) is 23.9 Å². The van der Waals surface area contributed by atoms with Crippen molar-refractivity contribution < 1.29 is 47.6 Å². The second kappa shape index (κ2) is 13.3. The molecule has 0 bridgehead atoms. The number of carbonyl (C=O) groups is 4. The Morgan fingerprint density at radius 2 is 1.53 bits per heavy atom. The number of aromatic nitrogens is 5. The second-order valence-corrected chi connectivity index (χ2v) is 9.79. The minimum atomic E-state index is -1.52. The van der Waals surface area contributed by atoms with Crippen molar-refractivity contribution in [1.29, 1.82) is 0 Å². The zero-order chi connectivity index (χ0) is 34.7. The first-order valence-corrected chi connectivity index (χ1v) is 13.8. The number of hydrogen-bond donors (Lipinski definition) is 6. The number of nitrogens with one attached hydrogen (secondary N) is 4.